The van der Waals surface area contributed by atoms with E-state index in [4.69, 9.17) is 0 Å². The minimum absolute atomic E-state index is 0.717. The summed E-state index contributed by atoms with van der Waals surface area (Å²) in [7, 11) is 2.19. The Kier molecular flexibility index (Phi) is 4.72. The van der Waals surface area contributed by atoms with Gasteiger partial charge < -0.3 is 5.32 Å². The fraction of sp³-hybridized carbons (Fsp3) is 1.00. The lowest BCUT2D eigenvalue weighted by Gasteiger charge is -2.53. The van der Waals surface area contributed by atoms with Crippen LogP contribution in [0.3, 0.4) is 0 Å². The maximum absolute atomic E-state index is 3.67. The monoisotopic (exact) mass is 278 g/mol. The fourth-order valence-electron chi connectivity index (χ4n) is 5.72. The van der Waals surface area contributed by atoms with E-state index >= 15 is 0 Å². The van der Waals surface area contributed by atoms with Crippen LogP contribution >= 0.6 is 0 Å². The number of hydrogen-bond acceptors (Lipinski definition) is 2. The molecular weight excluding hydrogens is 244 g/mol. The van der Waals surface area contributed by atoms with Crippen molar-refractivity contribution in [3.8, 4) is 0 Å². The van der Waals surface area contributed by atoms with E-state index in [2.05, 4.69) is 31.1 Å². The fourth-order valence-corrected chi connectivity index (χ4v) is 5.72. The Labute approximate surface area is 125 Å². The van der Waals surface area contributed by atoms with Crippen LogP contribution in [-0.2, 0) is 0 Å². The third-order valence-corrected chi connectivity index (χ3v) is 6.47. The Balaban J connectivity index is 1.77. The minimum atomic E-state index is 0.717. The van der Waals surface area contributed by atoms with Gasteiger partial charge >= 0.3 is 0 Å². The van der Waals surface area contributed by atoms with E-state index in [1.165, 1.54) is 57.9 Å². The van der Waals surface area contributed by atoms with Crippen molar-refractivity contribution in [2.45, 2.75) is 83.3 Å². The largest absolute Gasteiger partial charge is 0.315 e. The van der Waals surface area contributed by atoms with E-state index in [-0.39, 0.29) is 0 Å². The first-order valence-electron chi connectivity index (χ1n) is 9.13. The van der Waals surface area contributed by atoms with Gasteiger partial charge in [-0.05, 0) is 69.9 Å². The number of fused-ring (bicyclic) bond motifs is 1. The van der Waals surface area contributed by atoms with E-state index in [0.717, 1.165) is 35.9 Å². The van der Waals surface area contributed by atoms with Gasteiger partial charge in [0.1, 0.15) is 0 Å². The maximum Gasteiger partial charge on any atom is 0.0278 e. The average molecular weight is 278 g/mol. The summed E-state index contributed by atoms with van der Waals surface area (Å²) in [6.07, 6.45) is 11.7. The number of nitrogens with zero attached hydrogens (tertiary/aromatic N) is 1. The van der Waals surface area contributed by atoms with Gasteiger partial charge in [-0.2, -0.15) is 0 Å². The molecule has 0 radical (unpaired) electrons. The van der Waals surface area contributed by atoms with Gasteiger partial charge in [0.05, 0.1) is 0 Å². The molecule has 1 saturated heterocycles. The molecule has 2 heteroatoms. The van der Waals surface area contributed by atoms with Crippen LogP contribution in [0, 0.1) is 17.8 Å². The molecule has 2 nitrogen and oxygen atoms in total. The highest BCUT2D eigenvalue weighted by molar-refractivity contribution is 4.99. The summed E-state index contributed by atoms with van der Waals surface area (Å²) in [5.41, 5.74) is 0. The van der Waals surface area contributed by atoms with E-state index in [1.807, 2.05) is 0 Å². The van der Waals surface area contributed by atoms with E-state index < -0.39 is 0 Å². The topological polar surface area (TPSA) is 15.3 Å². The van der Waals surface area contributed by atoms with Crippen molar-refractivity contribution in [1.29, 1.82) is 0 Å². The summed E-state index contributed by atoms with van der Waals surface area (Å²) >= 11 is 0. The van der Waals surface area contributed by atoms with Crippen LogP contribution in [0.2, 0.25) is 0 Å². The quantitative estimate of drug-likeness (QED) is 0.829. The van der Waals surface area contributed by atoms with Crippen LogP contribution in [0.4, 0.5) is 0 Å². The molecule has 1 aliphatic heterocycles. The predicted octanol–water partition coefficient (Wildman–Crippen LogP) is 3.66. The number of hydrogen-bond donors (Lipinski definition) is 1. The average Bonchev–Trinajstić information content (AvgIpc) is 2.46. The van der Waals surface area contributed by atoms with Gasteiger partial charge in [-0.1, -0.05) is 26.7 Å². The van der Waals surface area contributed by atoms with Gasteiger partial charge in [0.25, 0.3) is 0 Å². The standard InChI is InChI=1S/C18H34N2/c1-13-11-14(2)18(16(12-13)19-3)20-10-6-8-15-7-4-5-9-17(15)20/h13-19H,4-12H2,1-3H3. The maximum atomic E-state index is 3.67. The zero-order valence-electron chi connectivity index (χ0n) is 13.8. The second-order valence-electron chi connectivity index (χ2n) is 7.93. The van der Waals surface area contributed by atoms with E-state index in [0.29, 0.717) is 0 Å². The number of piperidine rings is 1. The molecule has 20 heavy (non-hydrogen) atoms. The lowest BCUT2D eigenvalue weighted by Crippen LogP contribution is -2.61. The Bertz CT molecular complexity index is 315. The van der Waals surface area contributed by atoms with Crippen LogP contribution in [0.15, 0.2) is 0 Å². The third kappa shape index (κ3) is 2.78. The first kappa shape index (κ1) is 14.8. The van der Waals surface area contributed by atoms with Gasteiger partial charge in [-0.3, -0.25) is 4.90 Å². The molecule has 3 aliphatic rings. The van der Waals surface area contributed by atoms with Gasteiger partial charge in [-0.15, -0.1) is 0 Å². The molecule has 0 spiro atoms. The summed E-state index contributed by atoms with van der Waals surface area (Å²) in [5.74, 6) is 2.77. The molecule has 6 unspecified atom stereocenters. The molecule has 1 heterocycles. The van der Waals surface area contributed by atoms with Crippen LogP contribution < -0.4 is 5.32 Å². The van der Waals surface area contributed by atoms with Gasteiger partial charge in [-0.25, -0.2) is 0 Å². The lowest BCUT2D eigenvalue weighted by atomic mass is 9.72. The normalized spacial score (nSPS) is 47.0. The van der Waals surface area contributed by atoms with Crippen molar-refractivity contribution in [2.75, 3.05) is 13.6 Å². The number of nitrogens with one attached hydrogen (secondary N) is 1. The van der Waals surface area contributed by atoms with Crippen LogP contribution in [0.5, 0.6) is 0 Å². The molecule has 0 aromatic rings. The lowest BCUT2D eigenvalue weighted by molar-refractivity contribution is -0.0257. The van der Waals surface area contributed by atoms with E-state index in [1.54, 1.807) is 0 Å². The zero-order valence-corrected chi connectivity index (χ0v) is 13.8. The number of likely N-dealkylation sites (tertiary alicyclic amines) is 1. The molecule has 2 saturated carbocycles. The molecule has 0 aromatic carbocycles. The molecule has 0 amide bonds. The molecule has 3 rings (SSSR count). The summed E-state index contributed by atoms with van der Waals surface area (Å²) in [4.78, 5) is 2.96. The predicted molar refractivity (Wildman–Crippen MR) is 85.9 cm³/mol. The van der Waals surface area contributed by atoms with Crippen molar-refractivity contribution in [3.05, 3.63) is 0 Å². The molecular formula is C18H34N2. The van der Waals surface area contributed by atoms with Crippen LogP contribution in [-0.4, -0.2) is 36.6 Å². The van der Waals surface area contributed by atoms with Crippen molar-refractivity contribution in [1.82, 2.24) is 10.2 Å². The SMILES string of the molecule is CNC1CC(C)CC(C)C1N1CCCC2CCCCC21. The second-order valence-corrected chi connectivity index (χ2v) is 7.93. The molecule has 6 atom stereocenters. The van der Waals surface area contributed by atoms with Gasteiger partial charge in [0, 0.05) is 18.1 Å². The van der Waals surface area contributed by atoms with Crippen LogP contribution in [0.25, 0.3) is 0 Å². The summed E-state index contributed by atoms with van der Waals surface area (Å²) < 4.78 is 0. The van der Waals surface area contributed by atoms with Crippen molar-refractivity contribution >= 4 is 0 Å². The van der Waals surface area contributed by atoms with E-state index in [9.17, 15) is 0 Å². The molecule has 3 fully saturated rings. The number of rotatable bonds is 2. The highest BCUT2D eigenvalue weighted by Gasteiger charge is 2.43. The van der Waals surface area contributed by atoms with Crippen molar-refractivity contribution in [3.63, 3.8) is 0 Å². The summed E-state index contributed by atoms with van der Waals surface area (Å²) in [6, 6.07) is 2.42. The Morgan fingerprint density at radius 3 is 2.50 bits per heavy atom. The zero-order chi connectivity index (χ0) is 14.1. The van der Waals surface area contributed by atoms with Crippen molar-refractivity contribution in [2.24, 2.45) is 17.8 Å². The molecule has 116 valence electrons. The van der Waals surface area contributed by atoms with Crippen molar-refractivity contribution < 1.29 is 0 Å². The third-order valence-electron chi connectivity index (χ3n) is 6.47. The molecule has 0 aromatic heterocycles. The van der Waals surface area contributed by atoms with Gasteiger partial charge in [0.2, 0.25) is 0 Å². The van der Waals surface area contributed by atoms with Gasteiger partial charge in [0.15, 0.2) is 0 Å². The second kappa shape index (κ2) is 6.36. The van der Waals surface area contributed by atoms with Crippen LogP contribution in [0.1, 0.15) is 65.2 Å². The highest BCUT2D eigenvalue weighted by Crippen LogP contribution is 2.41. The molecule has 2 aliphatic carbocycles. The Hall–Kier alpha value is -0.0800. The number of likely N-dealkylation sites (N-methyl/N-ethyl adjacent to an activating group) is 1. The summed E-state index contributed by atoms with van der Waals surface area (Å²) in [5, 5.41) is 3.67. The smallest absolute Gasteiger partial charge is 0.0278 e. The molecule has 1 N–H and O–H groups in total. The Morgan fingerprint density at radius 2 is 1.70 bits per heavy atom. The first-order chi connectivity index (χ1) is 9.70. The molecule has 0 bridgehead atoms. The Morgan fingerprint density at radius 1 is 0.950 bits per heavy atom. The highest BCUT2D eigenvalue weighted by atomic mass is 15.2. The minimum Gasteiger partial charge on any atom is -0.315 e. The first-order valence-corrected chi connectivity index (χ1v) is 9.13. The summed E-state index contributed by atoms with van der Waals surface area (Å²) in [6.45, 7) is 6.32.